The summed E-state index contributed by atoms with van der Waals surface area (Å²) >= 11 is 0. The molecule has 0 bridgehead atoms. The van der Waals surface area contributed by atoms with Crippen LogP contribution in [0.3, 0.4) is 0 Å². The van der Waals surface area contributed by atoms with Crippen LogP contribution < -0.4 is 26.4 Å². The number of unbranched alkanes of at least 4 members (excludes halogenated alkanes) is 16. The molecule has 369 valence electrons. The summed E-state index contributed by atoms with van der Waals surface area (Å²) in [6, 6.07) is -1.62. The van der Waals surface area contributed by atoms with Crippen molar-refractivity contribution in [3.05, 3.63) is 0 Å². The molecule has 0 aliphatic rings. The highest BCUT2D eigenvalue weighted by Crippen LogP contribution is 2.14. The Hall–Kier alpha value is -3.26. The number of hydrogen-bond acceptors (Lipinski definition) is 13. The van der Waals surface area contributed by atoms with Crippen molar-refractivity contribution in [2.45, 2.75) is 160 Å². The van der Waals surface area contributed by atoms with Crippen LogP contribution in [0, 0.1) is 0 Å². The fourth-order valence-corrected chi connectivity index (χ4v) is 6.75. The van der Waals surface area contributed by atoms with Crippen molar-refractivity contribution < 1.29 is 67.7 Å². The van der Waals surface area contributed by atoms with Crippen LogP contribution in [0.2, 0.25) is 0 Å². The van der Waals surface area contributed by atoms with Gasteiger partial charge >= 0.3 is 19.4 Å². The molecule has 0 saturated heterocycles. The van der Waals surface area contributed by atoms with E-state index in [4.69, 9.17) is 29.1 Å². The second-order valence-corrected chi connectivity index (χ2v) is 16.0. The number of carboxylic acid groups (broad SMARTS) is 2. The lowest BCUT2D eigenvalue weighted by Crippen LogP contribution is -2.41. The Morgan fingerprint density at radius 3 is 1.34 bits per heavy atom. The standard InChI is InChI=1S/C43H80BN5O14P/c50-37(23-22-36(43(57)58)48-38(51)20-15-13-11-9-7-5-3-1-2-4-6-8-10-12-14-16-21-41(54)55)46-25-27-60-29-32-63-34-40(53)47-26-28-61-30-31-62-33-39(52)45-24-18-17-19-35(49-64)42(56)44-59/h35-36,49,59H,1-34,64H2,(H,45,52)(H,46,50)(H,47,53)(H,48,51)(H,54,55)(H,57,58). The quantitative estimate of drug-likeness (QED) is 0.0248. The van der Waals surface area contributed by atoms with Gasteiger partial charge in [-0.1, -0.05) is 99.3 Å². The van der Waals surface area contributed by atoms with Crippen molar-refractivity contribution in [2.24, 2.45) is 0 Å². The Morgan fingerprint density at radius 1 is 0.453 bits per heavy atom. The molecule has 4 amide bonds. The van der Waals surface area contributed by atoms with Crippen molar-refractivity contribution in [3.8, 4) is 0 Å². The largest absolute Gasteiger partial charge is 0.481 e. The number of carboxylic acids is 2. The first-order chi connectivity index (χ1) is 31.0. The van der Waals surface area contributed by atoms with E-state index in [9.17, 15) is 38.7 Å². The van der Waals surface area contributed by atoms with Gasteiger partial charge in [-0.15, -0.1) is 0 Å². The fourth-order valence-electron chi connectivity index (χ4n) is 6.42. The molecule has 64 heavy (non-hydrogen) atoms. The van der Waals surface area contributed by atoms with Gasteiger partial charge in [-0.3, -0.25) is 29.1 Å². The monoisotopic (exact) mass is 933 g/mol. The van der Waals surface area contributed by atoms with Gasteiger partial charge in [-0.25, -0.2) is 4.79 Å². The van der Waals surface area contributed by atoms with Crippen LogP contribution in [-0.4, -0.2) is 149 Å². The van der Waals surface area contributed by atoms with E-state index in [0.717, 1.165) is 38.5 Å². The van der Waals surface area contributed by atoms with Gasteiger partial charge in [0, 0.05) is 38.9 Å². The number of rotatable bonds is 48. The average Bonchev–Trinajstić information content (AvgIpc) is 3.27. The third-order valence-corrected chi connectivity index (χ3v) is 10.5. The topological polar surface area (TPSA) is 277 Å². The molecule has 0 spiro atoms. The van der Waals surface area contributed by atoms with Gasteiger partial charge < -0.3 is 60.2 Å². The molecule has 0 rings (SSSR count). The highest BCUT2D eigenvalue weighted by molar-refractivity contribution is 7.13. The summed E-state index contributed by atoms with van der Waals surface area (Å²) in [5, 5.41) is 40.3. The zero-order valence-electron chi connectivity index (χ0n) is 38.2. The average molecular weight is 933 g/mol. The Labute approximate surface area is 383 Å². The Morgan fingerprint density at radius 2 is 0.891 bits per heavy atom. The van der Waals surface area contributed by atoms with Crippen molar-refractivity contribution in [1.29, 1.82) is 0 Å². The first-order valence-electron chi connectivity index (χ1n) is 23.3. The summed E-state index contributed by atoms with van der Waals surface area (Å²) in [5.74, 6) is -3.17. The number of carbonyl (C=O) groups is 7. The normalized spacial score (nSPS) is 12.0. The fraction of sp³-hybridized carbons (Fsp3) is 0.837. The molecule has 0 aromatic heterocycles. The van der Waals surface area contributed by atoms with Crippen molar-refractivity contribution in [1.82, 2.24) is 26.4 Å². The highest BCUT2D eigenvalue weighted by atomic mass is 31.0. The van der Waals surface area contributed by atoms with Crippen LogP contribution in [0.4, 0.5) is 0 Å². The van der Waals surface area contributed by atoms with Crippen LogP contribution in [-0.2, 0) is 52.5 Å². The number of amides is 4. The molecule has 0 fully saturated rings. The molecule has 0 heterocycles. The van der Waals surface area contributed by atoms with Gasteiger partial charge in [0.1, 0.15) is 24.9 Å². The van der Waals surface area contributed by atoms with Gasteiger partial charge in [0.25, 0.3) is 0 Å². The third-order valence-electron chi connectivity index (χ3n) is 10.1. The number of aliphatic carboxylic acids is 2. The van der Waals surface area contributed by atoms with Crippen molar-refractivity contribution >= 4 is 58.1 Å². The van der Waals surface area contributed by atoms with E-state index in [1.165, 1.54) is 57.8 Å². The first kappa shape index (κ1) is 60.7. The maximum absolute atomic E-state index is 12.3. The smallest absolute Gasteiger partial charge is 0.375 e. The van der Waals surface area contributed by atoms with Gasteiger partial charge in [-0.2, -0.15) is 0 Å². The van der Waals surface area contributed by atoms with E-state index in [0.29, 0.717) is 39.7 Å². The molecule has 0 aliphatic carbocycles. The van der Waals surface area contributed by atoms with Crippen LogP contribution >= 0.6 is 9.39 Å². The van der Waals surface area contributed by atoms with E-state index in [1.54, 1.807) is 0 Å². The molecule has 3 unspecified atom stereocenters. The molecule has 8 N–H and O–H groups in total. The Balaban J connectivity index is 3.65. The van der Waals surface area contributed by atoms with E-state index < -0.39 is 29.7 Å². The number of carbonyl (C=O) groups excluding carboxylic acids is 5. The minimum absolute atomic E-state index is 0.0278. The van der Waals surface area contributed by atoms with Crippen LogP contribution in [0.25, 0.3) is 0 Å². The van der Waals surface area contributed by atoms with Crippen LogP contribution in [0.15, 0.2) is 0 Å². The Bertz CT molecular complexity index is 1260. The summed E-state index contributed by atoms with van der Waals surface area (Å²) in [6.45, 7) is 1.87. The molecule has 0 saturated carbocycles. The van der Waals surface area contributed by atoms with Gasteiger partial charge in [-0.05, 0) is 38.5 Å². The first-order valence-corrected chi connectivity index (χ1v) is 23.9. The summed E-state index contributed by atoms with van der Waals surface area (Å²) < 4.78 is 21.3. The van der Waals surface area contributed by atoms with Crippen LogP contribution in [0.1, 0.15) is 148 Å². The van der Waals surface area contributed by atoms with E-state index in [2.05, 4.69) is 35.7 Å². The predicted molar refractivity (Wildman–Crippen MR) is 245 cm³/mol. The summed E-state index contributed by atoms with van der Waals surface area (Å²) in [7, 11) is 2.79. The molecule has 19 nitrogen and oxygen atoms in total. The van der Waals surface area contributed by atoms with E-state index in [-0.39, 0.29) is 115 Å². The zero-order chi connectivity index (χ0) is 47.3. The molecule has 0 aliphatic heterocycles. The third kappa shape index (κ3) is 41.4. The highest BCUT2D eigenvalue weighted by Gasteiger charge is 2.21. The second kappa shape index (κ2) is 44.9. The van der Waals surface area contributed by atoms with E-state index in [1.807, 2.05) is 0 Å². The lowest BCUT2D eigenvalue weighted by Gasteiger charge is -2.14. The number of ether oxygens (including phenoxy) is 4. The van der Waals surface area contributed by atoms with Gasteiger partial charge in [0.2, 0.25) is 23.6 Å². The van der Waals surface area contributed by atoms with Crippen molar-refractivity contribution in [2.75, 3.05) is 72.5 Å². The molecular formula is C43H80BN5O14P. The lowest BCUT2D eigenvalue weighted by molar-refractivity contribution is -0.142. The number of nitrogens with one attached hydrogen (secondary N) is 5. The minimum Gasteiger partial charge on any atom is -0.481 e. The molecule has 3 atom stereocenters. The van der Waals surface area contributed by atoms with Crippen molar-refractivity contribution in [3.63, 3.8) is 0 Å². The molecule has 21 heteroatoms. The molecule has 1 radical (unpaired) electrons. The minimum atomic E-state index is -1.18. The van der Waals surface area contributed by atoms with Gasteiger partial charge in [0.15, 0.2) is 0 Å². The maximum atomic E-state index is 12.3. The SMILES string of the molecule is O=C(O)CCCCCCCCCCCCCCCCCCC(=O)NC(CCC(=O)NCCOCCOCC(=O)NCCOCCOCC(=O)NCCCCC(NP)C(=O)[B]O)C(=O)O. The summed E-state index contributed by atoms with van der Waals surface area (Å²) in [5.41, 5.74) is -0.400. The Kier molecular flexibility index (Phi) is 42.6. The second-order valence-electron chi connectivity index (χ2n) is 15.7. The molecular weight excluding hydrogens is 852 g/mol. The van der Waals surface area contributed by atoms with Crippen LogP contribution in [0.5, 0.6) is 0 Å². The van der Waals surface area contributed by atoms with E-state index >= 15 is 0 Å². The van der Waals surface area contributed by atoms with Gasteiger partial charge in [0.05, 0.1) is 45.7 Å². The lowest BCUT2D eigenvalue weighted by atomic mass is 9.86. The maximum Gasteiger partial charge on any atom is 0.375 e. The summed E-state index contributed by atoms with van der Waals surface area (Å²) in [6.07, 6.45) is 20.1. The molecule has 0 aromatic rings. The number of hydrogen-bond donors (Lipinski definition) is 8. The molecule has 0 aromatic carbocycles. The zero-order valence-corrected chi connectivity index (χ0v) is 39.3. The summed E-state index contributed by atoms with van der Waals surface area (Å²) in [4.78, 5) is 82.0. The predicted octanol–water partition coefficient (Wildman–Crippen LogP) is 2.91.